The molecule has 2 aliphatic rings. The van der Waals surface area contributed by atoms with Crippen molar-refractivity contribution in [3.8, 4) is 0 Å². The van der Waals surface area contributed by atoms with Crippen molar-refractivity contribution < 1.29 is 9.90 Å². The Morgan fingerprint density at radius 1 is 1.35 bits per heavy atom. The number of likely N-dealkylation sites (tertiary alicyclic amines) is 1. The van der Waals surface area contributed by atoms with E-state index in [1.165, 1.54) is 17.9 Å². The standard InChI is InChI=1S/C16H29NO2S/c1-4-5-16(14(18)19)6-8-17(9-7-16)13-10-15(2,3)12-20-11-13/h13H,4-12H2,1-3H3,(H,18,19). The molecular weight excluding hydrogens is 270 g/mol. The third-order valence-corrected chi connectivity index (χ3v) is 6.65. The fourth-order valence-electron chi connectivity index (χ4n) is 3.83. The lowest BCUT2D eigenvalue weighted by atomic mass is 9.74. The quantitative estimate of drug-likeness (QED) is 0.863. The van der Waals surface area contributed by atoms with E-state index in [0.717, 1.165) is 38.8 Å². The molecule has 0 radical (unpaired) electrons. The SMILES string of the molecule is CCCC1(C(=O)O)CCN(C2CSCC(C)(C)C2)CC1. The van der Waals surface area contributed by atoms with Crippen LogP contribution in [0.2, 0.25) is 0 Å². The number of piperidine rings is 1. The van der Waals surface area contributed by atoms with Gasteiger partial charge in [0.05, 0.1) is 5.41 Å². The molecule has 1 N–H and O–H groups in total. The number of carbonyl (C=O) groups is 1. The van der Waals surface area contributed by atoms with Gasteiger partial charge in [-0.1, -0.05) is 27.2 Å². The van der Waals surface area contributed by atoms with Crippen LogP contribution in [-0.2, 0) is 4.79 Å². The van der Waals surface area contributed by atoms with E-state index in [-0.39, 0.29) is 0 Å². The van der Waals surface area contributed by atoms with Gasteiger partial charge in [-0.25, -0.2) is 0 Å². The number of hydrogen-bond donors (Lipinski definition) is 1. The predicted octanol–water partition coefficient (Wildman–Crippen LogP) is 3.49. The van der Waals surface area contributed by atoms with Gasteiger partial charge in [-0.3, -0.25) is 9.69 Å². The molecule has 116 valence electrons. The third kappa shape index (κ3) is 3.51. The Kier molecular flexibility index (Phi) is 5.06. The van der Waals surface area contributed by atoms with Crippen LogP contribution >= 0.6 is 11.8 Å². The van der Waals surface area contributed by atoms with Crippen molar-refractivity contribution in [3.63, 3.8) is 0 Å². The third-order valence-electron chi connectivity index (χ3n) is 5.05. The molecule has 2 heterocycles. The van der Waals surface area contributed by atoms with Gasteiger partial charge < -0.3 is 5.11 Å². The Bertz CT molecular complexity index is 348. The molecule has 2 fully saturated rings. The van der Waals surface area contributed by atoms with Crippen LogP contribution in [0.3, 0.4) is 0 Å². The lowest BCUT2D eigenvalue weighted by Gasteiger charge is -2.46. The van der Waals surface area contributed by atoms with E-state index in [9.17, 15) is 9.90 Å². The molecule has 0 aromatic rings. The van der Waals surface area contributed by atoms with Crippen molar-refractivity contribution in [2.24, 2.45) is 10.8 Å². The summed E-state index contributed by atoms with van der Waals surface area (Å²) in [6.07, 6.45) is 4.73. The highest BCUT2D eigenvalue weighted by atomic mass is 32.2. The Labute approximate surface area is 127 Å². The van der Waals surface area contributed by atoms with Gasteiger partial charge in [0.15, 0.2) is 0 Å². The molecule has 0 aromatic carbocycles. The zero-order chi connectivity index (χ0) is 14.8. The summed E-state index contributed by atoms with van der Waals surface area (Å²) >= 11 is 2.06. The minimum absolute atomic E-state index is 0.429. The molecule has 1 unspecified atom stereocenters. The zero-order valence-electron chi connectivity index (χ0n) is 13.2. The van der Waals surface area contributed by atoms with Gasteiger partial charge in [0.25, 0.3) is 0 Å². The van der Waals surface area contributed by atoms with Crippen LogP contribution in [-0.4, -0.2) is 46.6 Å². The molecule has 3 nitrogen and oxygen atoms in total. The molecule has 0 aromatic heterocycles. The molecule has 2 aliphatic heterocycles. The van der Waals surface area contributed by atoms with Gasteiger partial charge in [0, 0.05) is 11.8 Å². The lowest BCUT2D eigenvalue weighted by molar-refractivity contribution is -0.153. The summed E-state index contributed by atoms with van der Waals surface area (Å²) in [5, 5.41) is 9.58. The Morgan fingerprint density at radius 2 is 2.00 bits per heavy atom. The molecule has 2 rings (SSSR count). The molecule has 0 aliphatic carbocycles. The molecule has 0 saturated carbocycles. The lowest BCUT2D eigenvalue weighted by Crippen LogP contribution is -2.51. The molecule has 20 heavy (non-hydrogen) atoms. The van der Waals surface area contributed by atoms with Crippen molar-refractivity contribution in [2.45, 2.75) is 58.9 Å². The highest BCUT2D eigenvalue weighted by Crippen LogP contribution is 2.40. The van der Waals surface area contributed by atoms with E-state index < -0.39 is 11.4 Å². The summed E-state index contributed by atoms with van der Waals surface area (Å²) < 4.78 is 0. The van der Waals surface area contributed by atoms with Crippen LogP contribution in [0.1, 0.15) is 52.9 Å². The van der Waals surface area contributed by atoms with Crippen LogP contribution in [0, 0.1) is 10.8 Å². The second-order valence-corrected chi connectivity index (χ2v) is 8.44. The first-order valence-corrected chi connectivity index (χ1v) is 9.09. The van der Waals surface area contributed by atoms with E-state index in [2.05, 4.69) is 37.4 Å². The van der Waals surface area contributed by atoms with Gasteiger partial charge >= 0.3 is 5.97 Å². The minimum atomic E-state index is -0.572. The first-order valence-electron chi connectivity index (χ1n) is 7.94. The van der Waals surface area contributed by atoms with Gasteiger partial charge in [-0.2, -0.15) is 11.8 Å². The molecule has 0 bridgehead atoms. The smallest absolute Gasteiger partial charge is 0.309 e. The average Bonchev–Trinajstić information content (AvgIpc) is 2.38. The first-order chi connectivity index (χ1) is 9.38. The monoisotopic (exact) mass is 299 g/mol. The van der Waals surface area contributed by atoms with Gasteiger partial charge in [0.1, 0.15) is 0 Å². The number of hydrogen-bond acceptors (Lipinski definition) is 3. The number of nitrogens with zero attached hydrogens (tertiary/aromatic N) is 1. The molecule has 2 saturated heterocycles. The second kappa shape index (κ2) is 6.27. The summed E-state index contributed by atoms with van der Waals surface area (Å²) in [6, 6.07) is 0.650. The Morgan fingerprint density at radius 3 is 2.50 bits per heavy atom. The highest BCUT2D eigenvalue weighted by molar-refractivity contribution is 7.99. The van der Waals surface area contributed by atoms with Crippen molar-refractivity contribution in [2.75, 3.05) is 24.6 Å². The number of carboxylic acid groups (broad SMARTS) is 1. The number of rotatable bonds is 4. The Hall–Kier alpha value is -0.220. The zero-order valence-corrected chi connectivity index (χ0v) is 14.0. The van der Waals surface area contributed by atoms with Crippen LogP contribution in [0.4, 0.5) is 0 Å². The normalized spacial score (nSPS) is 30.1. The van der Waals surface area contributed by atoms with Gasteiger partial charge in [-0.15, -0.1) is 0 Å². The largest absolute Gasteiger partial charge is 0.481 e. The maximum absolute atomic E-state index is 11.6. The molecule has 0 amide bonds. The van der Waals surface area contributed by atoms with Gasteiger partial charge in [-0.05, 0) is 49.9 Å². The number of thioether (sulfide) groups is 1. The fraction of sp³-hybridized carbons (Fsp3) is 0.938. The maximum atomic E-state index is 11.6. The molecule has 4 heteroatoms. The van der Waals surface area contributed by atoms with E-state index in [1.54, 1.807) is 0 Å². The van der Waals surface area contributed by atoms with E-state index in [1.807, 2.05) is 0 Å². The minimum Gasteiger partial charge on any atom is -0.481 e. The van der Waals surface area contributed by atoms with Crippen molar-refractivity contribution >= 4 is 17.7 Å². The topological polar surface area (TPSA) is 40.5 Å². The van der Waals surface area contributed by atoms with Crippen LogP contribution in [0.15, 0.2) is 0 Å². The Balaban J connectivity index is 1.95. The van der Waals surface area contributed by atoms with Crippen molar-refractivity contribution in [3.05, 3.63) is 0 Å². The van der Waals surface area contributed by atoms with Crippen LogP contribution in [0.25, 0.3) is 0 Å². The highest BCUT2D eigenvalue weighted by Gasteiger charge is 2.42. The molecule has 0 spiro atoms. The molecule has 1 atom stereocenters. The van der Waals surface area contributed by atoms with Crippen molar-refractivity contribution in [1.82, 2.24) is 4.90 Å². The second-order valence-electron chi connectivity index (χ2n) is 7.41. The average molecular weight is 299 g/mol. The van der Waals surface area contributed by atoms with Crippen molar-refractivity contribution in [1.29, 1.82) is 0 Å². The number of carboxylic acids is 1. The summed E-state index contributed by atoms with van der Waals surface area (Å²) in [5.41, 5.74) is -0.0130. The number of aliphatic carboxylic acids is 1. The fourth-order valence-corrected chi connectivity index (χ4v) is 5.22. The predicted molar refractivity (Wildman–Crippen MR) is 85.3 cm³/mol. The summed E-state index contributed by atoms with van der Waals surface area (Å²) in [7, 11) is 0. The molecular formula is C16H29NO2S. The summed E-state index contributed by atoms with van der Waals surface area (Å²) in [5.74, 6) is 1.90. The van der Waals surface area contributed by atoms with E-state index >= 15 is 0 Å². The van der Waals surface area contributed by atoms with E-state index in [4.69, 9.17) is 0 Å². The maximum Gasteiger partial charge on any atom is 0.309 e. The summed E-state index contributed by atoms with van der Waals surface area (Å²) in [6.45, 7) is 8.74. The van der Waals surface area contributed by atoms with Crippen LogP contribution in [0.5, 0.6) is 0 Å². The first kappa shape index (κ1) is 16.2. The van der Waals surface area contributed by atoms with Gasteiger partial charge in [0.2, 0.25) is 0 Å². The van der Waals surface area contributed by atoms with Crippen LogP contribution < -0.4 is 0 Å². The summed E-state index contributed by atoms with van der Waals surface area (Å²) in [4.78, 5) is 14.2. The van der Waals surface area contributed by atoms with E-state index in [0.29, 0.717) is 11.5 Å².